The molecule has 6 heteroatoms. The maximum absolute atomic E-state index is 4.78. The maximum atomic E-state index is 4.78. The summed E-state index contributed by atoms with van der Waals surface area (Å²) in [4.78, 5) is 11.8. The third-order valence-electron chi connectivity index (χ3n) is 4.46. The molecule has 0 spiro atoms. The summed E-state index contributed by atoms with van der Waals surface area (Å²) in [7, 11) is 3.92. The molecule has 0 radical (unpaired) electrons. The van der Waals surface area contributed by atoms with E-state index in [1.54, 1.807) is 0 Å². The first-order chi connectivity index (χ1) is 11.3. The van der Waals surface area contributed by atoms with Gasteiger partial charge in [0.1, 0.15) is 5.82 Å². The molecule has 0 unspecified atom stereocenters. The van der Waals surface area contributed by atoms with Crippen molar-refractivity contribution in [3.8, 4) is 0 Å². The Labute approximate surface area is 135 Å². The Bertz CT molecular complexity index is 853. The number of anilines is 2. The van der Waals surface area contributed by atoms with E-state index in [9.17, 15) is 0 Å². The number of nitrogens with zero attached hydrogens (tertiary/aromatic N) is 5. The Hall–Kier alpha value is -2.63. The molecular weight excluding hydrogens is 288 g/mol. The number of aromatic nitrogens is 4. The number of para-hydroxylation sites is 1. The zero-order valence-corrected chi connectivity index (χ0v) is 13.5. The van der Waals surface area contributed by atoms with E-state index in [1.807, 2.05) is 49.2 Å². The van der Waals surface area contributed by atoms with Crippen LogP contribution in [-0.2, 0) is 20.0 Å². The number of benzene rings is 1. The topological polar surface area (TPSA) is 58.9 Å². The van der Waals surface area contributed by atoms with Crippen molar-refractivity contribution in [1.29, 1.82) is 0 Å². The van der Waals surface area contributed by atoms with Crippen LogP contribution in [0.1, 0.15) is 17.7 Å². The maximum Gasteiger partial charge on any atom is 0.228 e. The molecule has 6 nitrogen and oxygen atoms in total. The smallest absolute Gasteiger partial charge is 0.228 e. The van der Waals surface area contributed by atoms with Gasteiger partial charge in [-0.1, -0.05) is 12.1 Å². The van der Waals surface area contributed by atoms with Crippen molar-refractivity contribution in [2.24, 2.45) is 7.05 Å². The minimum absolute atomic E-state index is 0.782. The molecule has 0 amide bonds. The Morgan fingerprint density at radius 1 is 1.17 bits per heavy atom. The van der Waals surface area contributed by atoms with Gasteiger partial charge in [-0.25, -0.2) is 4.98 Å². The van der Waals surface area contributed by atoms with Crippen molar-refractivity contribution < 1.29 is 0 Å². The fraction of sp³-hybridized carbons (Fsp3) is 0.353. The van der Waals surface area contributed by atoms with E-state index in [-0.39, 0.29) is 0 Å². The van der Waals surface area contributed by atoms with E-state index in [4.69, 9.17) is 9.97 Å². The summed E-state index contributed by atoms with van der Waals surface area (Å²) in [5, 5.41) is 8.63. The summed E-state index contributed by atoms with van der Waals surface area (Å²) < 4.78 is 1.99. The number of fused-ring (bicyclic) bond motifs is 2. The number of hydrogen-bond acceptors (Lipinski definition) is 5. The van der Waals surface area contributed by atoms with Crippen molar-refractivity contribution in [2.45, 2.75) is 19.4 Å². The Kier molecular flexibility index (Phi) is 3.37. The molecule has 0 saturated carbocycles. The van der Waals surface area contributed by atoms with Gasteiger partial charge in [0.05, 0.1) is 11.7 Å². The van der Waals surface area contributed by atoms with Crippen LogP contribution >= 0.6 is 0 Å². The average molecular weight is 308 g/mol. The highest BCUT2D eigenvalue weighted by Gasteiger charge is 2.20. The summed E-state index contributed by atoms with van der Waals surface area (Å²) >= 11 is 0. The van der Waals surface area contributed by atoms with E-state index < -0.39 is 0 Å². The molecule has 118 valence electrons. The second-order valence-corrected chi connectivity index (χ2v) is 5.90. The monoisotopic (exact) mass is 308 g/mol. The molecule has 4 rings (SSSR count). The summed E-state index contributed by atoms with van der Waals surface area (Å²) in [6, 6.07) is 8.11. The average Bonchev–Trinajstić information content (AvgIpc) is 2.81. The van der Waals surface area contributed by atoms with Crippen LogP contribution in [0.2, 0.25) is 0 Å². The van der Waals surface area contributed by atoms with Crippen molar-refractivity contribution in [1.82, 2.24) is 19.7 Å². The highest BCUT2D eigenvalue weighted by molar-refractivity contribution is 5.89. The van der Waals surface area contributed by atoms with Gasteiger partial charge in [0.15, 0.2) is 0 Å². The van der Waals surface area contributed by atoms with Crippen LogP contribution in [0.15, 0.2) is 30.5 Å². The van der Waals surface area contributed by atoms with Crippen molar-refractivity contribution in [3.63, 3.8) is 0 Å². The minimum Gasteiger partial charge on any atom is -0.372 e. The van der Waals surface area contributed by atoms with E-state index in [1.165, 1.54) is 11.3 Å². The predicted molar refractivity (Wildman–Crippen MR) is 91.7 cm³/mol. The van der Waals surface area contributed by atoms with Crippen molar-refractivity contribution in [3.05, 3.63) is 41.7 Å². The molecule has 3 aromatic rings. The number of rotatable bonds is 2. The number of hydrogen-bond donors (Lipinski definition) is 1. The molecule has 2 aromatic heterocycles. The highest BCUT2D eigenvalue weighted by Crippen LogP contribution is 2.26. The molecule has 1 N–H and O–H groups in total. The molecule has 1 aliphatic heterocycles. The first-order valence-electron chi connectivity index (χ1n) is 7.95. The molecule has 0 saturated heterocycles. The SMILES string of the molecule is CNc1nc(N2CCCc3c(cnn3C)C2)nc2ccccc12. The van der Waals surface area contributed by atoms with E-state index in [2.05, 4.69) is 15.3 Å². The lowest BCUT2D eigenvalue weighted by Crippen LogP contribution is -2.25. The van der Waals surface area contributed by atoms with Gasteiger partial charge >= 0.3 is 0 Å². The van der Waals surface area contributed by atoms with Gasteiger partial charge in [-0.05, 0) is 25.0 Å². The van der Waals surface area contributed by atoms with Crippen molar-refractivity contribution in [2.75, 3.05) is 23.8 Å². The van der Waals surface area contributed by atoms with Gasteiger partial charge in [-0.2, -0.15) is 10.1 Å². The van der Waals surface area contributed by atoms with Gasteiger partial charge in [0, 0.05) is 43.8 Å². The molecule has 0 aliphatic carbocycles. The van der Waals surface area contributed by atoms with Gasteiger partial charge < -0.3 is 10.2 Å². The van der Waals surface area contributed by atoms with E-state index in [0.717, 1.165) is 48.6 Å². The van der Waals surface area contributed by atoms with Crippen LogP contribution in [0.4, 0.5) is 11.8 Å². The highest BCUT2D eigenvalue weighted by atomic mass is 15.3. The Morgan fingerprint density at radius 3 is 2.91 bits per heavy atom. The largest absolute Gasteiger partial charge is 0.372 e. The first kappa shape index (κ1) is 14.0. The summed E-state index contributed by atoms with van der Waals surface area (Å²) in [5.41, 5.74) is 3.56. The molecule has 3 heterocycles. The lowest BCUT2D eigenvalue weighted by Gasteiger charge is -2.21. The van der Waals surface area contributed by atoms with Crippen LogP contribution in [0.3, 0.4) is 0 Å². The Morgan fingerprint density at radius 2 is 2.04 bits per heavy atom. The van der Waals surface area contributed by atoms with Crippen LogP contribution < -0.4 is 10.2 Å². The molecule has 1 aliphatic rings. The predicted octanol–water partition coefficient (Wildman–Crippen LogP) is 2.36. The fourth-order valence-electron chi connectivity index (χ4n) is 3.25. The van der Waals surface area contributed by atoms with Crippen LogP contribution in [-0.4, -0.2) is 33.3 Å². The fourth-order valence-corrected chi connectivity index (χ4v) is 3.25. The lowest BCUT2D eigenvalue weighted by atomic mass is 10.2. The van der Waals surface area contributed by atoms with Crippen LogP contribution in [0, 0.1) is 0 Å². The summed E-state index contributed by atoms with van der Waals surface area (Å²) in [5.74, 6) is 1.66. The minimum atomic E-state index is 0.782. The van der Waals surface area contributed by atoms with Gasteiger partial charge in [0.25, 0.3) is 0 Å². The summed E-state index contributed by atoms with van der Waals surface area (Å²) in [6.07, 6.45) is 4.10. The Balaban J connectivity index is 1.76. The van der Waals surface area contributed by atoms with Gasteiger partial charge in [0.2, 0.25) is 5.95 Å². The molecule has 0 fully saturated rings. The molecular formula is C17H20N6. The van der Waals surface area contributed by atoms with Crippen LogP contribution in [0.5, 0.6) is 0 Å². The van der Waals surface area contributed by atoms with Crippen LogP contribution in [0.25, 0.3) is 10.9 Å². The molecule has 0 bridgehead atoms. The molecule has 0 atom stereocenters. The first-order valence-corrected chi connectivity index (χ1v) is 7.95. The standard InChI is InChI=1S/C17H20N6/c1-18-16-13-6-3-4-7-14(13)20-17(21-16)23-9-5-8-15-12(11-23)10-19-22(15)2/h3-4,6-7,10H,5,8-9,11H2,1-2H3,(H,18,20,21). The van der Waals surface area contributed by atoms with E-state index in [0.29, 0.717) is 0 Å². The quantitative estimate of drug-likeness (QED) is 0.787. The van der Waals surface area contributed by atoms with Gasteiger partial charge in [-0.3, -0.25) is 4.68 Å². The number of aryl methyl sites for hydroxylation is 1. The third kappa shape index (κ3) is 2.40. The molecule has 1 aromatic carbocycles. The molecule has 23 heavy (non-hydrogen) atoms. The normalized spacial score (nSPS) is 14.6. The lowest BCUT2D eigenvalue weighted by molar-refractivity contribution is 0.681. The van der Waals surface area contributed by atoms with E-state index >= 15 is 0 Å². The zero-order valence-electron chi connectivity index (χ0n) is 13.5. The second-order valence-electron chi connectivity index (χ2n) is 5.90. The van der Waals surface area contributed by atoms with Gasteiger partial charge in [-0.15, -0.1) is 0 Å². The third-order valence-corrected chi connectivity index (χ3v) is 4.46. The zero-order chi connectivity index (χ0) is 15.8. The second kappa shape index (κ2) is 5.53. The summed E-state index contributed by atoms with van der Waals surface area (Å²) in [6.45, 7) is 1.76. The number of nitrogens with one attached hydrogen (secondary N) is 1. The van der Waals surface area contributed by atoms with Crippen molar-refractivity contribution >= 4 is 22.7 Å².